The Labute approximate surface area is 218 Å². The normalized spacial score (nSPS) is 10.6. The van der Waals surface area contributed by atoms with Gasteiger partial charge < -0.3 is 14.2 Å². The molecule has 0 unspecified atom stereocenters. The molecule has 0 fully saturated rings. The molecule has 0 heterocycles. The number of rotatable bonds is 12. The van der Waals surface area contributed by atoms with Crippen molar-refractivity contribution in [3.8, 4) is 17.2 Å². The van der Waals surface area contributed by atoms with Crippen LogP contribution in [-0.4, -0.2) is 31.3 Å². The number of para-hydroxylation sites is 1. The Morgan fingerprint density at radius 2 is 1.81 bits per heavy atom. The Morgan fingerprint density at radius 3 is 2.56 bits per heavy atom. The number of nitrogens with zero attached hydrogens (tertiary/aromatic N) is 1. The summed E-state index contributed by atoms with van der Waals surface area (Å²) in [6.07, 6.45) is 4.70. The zero-order chi connectivity index (χ0) is 25.8. The summed E-state index contributed by atoms with van der Waals surface area (Å²) in [5.41, 5.74) is 4.24. The minimum absolute atomic E-state index is 0.205. The summed E-state index contributed by atoms with van der Waals surface area (Å²) in [5, 5.41) is 3.99. The number of carbonyl (C=O) groups is 2. The lowest BCUT2D eigenvalue weighted by Gasteiger charge is -2.10. The van der Waals surface area contributed by atoms with Gasteiger partial charge in [-0.25, -0.2) is 10.2 Å². The van der Waals surface area contributed by atoms with Crippen LogP contribution in [-0.2, 0) is 11.2 Å². The van der Waals surface area contributed by atoms with Gasteiger partial charge in [0.15, 0.2) is 6.61 Å². The van der Waals surface area contributed by atoms with Crippen LogP contribution >= 0.6 is 15.9 Å². The number of esters is 1. The summed E-state index contributed by atoms with van der Waals surface area (Å²) in [6.45, 7) is 6.16. The minimum Gasteiger partial charge on any atom is -0.494 e. The lowest BCUT2D eigenvalue weighted by molar-refractivity contribution is -0.123. The van der Waals surface area contributed by atoms with Gasteiger partial charge >= 0.3 is 5.97 Å². The second-order valence-corrected chi connectivity index (χ2v) is 8.54. The molecule has 1 N–H and O–H groups in total. The molecule has 8 heteroatoms. The highest BCUT2D eigenvalue weighted by Gasteiger charge is 2.12. The summed E-state index contributed by atoms with van der Waals surface area (Å²) < 4.78 is 17.5. The van der Waals surface area contributed by atoms with Crippen LogP contribution in [0.25, 0.3) is 0 Å². The predicted octanol–water partition coefficient (Wildman–Crippen LogP) is 5.71. The highest BCUT2D eigenvalue weighted by Crippen LogP contribution is 2.23. The molecule has 36 heavy (non-hydrogen) atoms. The van der Waals surface area contributed by atoms with Crippen LogP contribution in [0.2, 0.25) is 0 Å². The molecule has 0 aliphatic rings. The molecule has 0 saturated heterocycles. The van der Waals surface area contributed by atoms with Gasteiger partial charge in [0.05, 0.1) is 18.4 Å². The molecule has 0 aliphatic carbocycles. The topological polar surface area (TPSA) is 86.2 Å². The van der Waals surface area contributed by atoms with E-state index in [1.54, 1.807) is 54.6 Å². The fraction of sp³-hybridized carbons (Fsp3) is 0.179. The Bertz CT molecular complexity index is 1220. The van der Waals surface area contributed by atoms with Crippen LogP contribution in [0, 0.1) is 0 Å². The van der Waals surface area contributed by atoms with E-state index in [4.69, 9.17) is 14.2 Å². The number of hydrazone groups is 1. The third-order valence-electron chi connectivity index (χ3n) is 4.83. The third kappa shape index (κ3) is 8.09. The van der Waals surface area contributed by atoms with Gasteiger partial charge in [-0.3, -0.25) is 4.79 Å². The van der Waals surface area contributed by atoms with E-state index in [0.717, 1.165) is 16.5 Å². The Hall–Kier alpha value is -3.91. The third-order valence-corrected chi connectivity index (χ3v) is 5.32. The highest BCUT2D eigenvalue weighted by molar-refractivity contribution is 9.10. The average molecular weight is 551 g/mol. The van der Waals surface area contributed by atoms with Crippen LogP contribution in [0.1, 0.15) is 34.8 Å². The molecular formula is C28H27BrN2O5. The number of hydrogen-bond donors (Lipinski definition) is 1. The molecule has 3 aromatic rings. The maximum atomic E-state index is 12.6. The van der Waals surface area contributed by atoms with Crippen molar-refractivity contribution in [2.45, 2.75) is 19.8 Å². The van der Waals surface area contributed by atoms with Crippen molar-refractivity contribution in [1.82, 2.24) is 5.43 Å². The number of benzene rings is 3. The molecule has 0 spiro atoms. The maximum absolute atomic E-state index is 12.6. The molecule has 1 amide bonds. The second-order valence-electron chi connectivity index (χ2n) is 7.63. The number of hydrogen-bond acceptors (Lipinski definition) is 6. The SMILES string of the molecule is C=CCc1ccccc1OCC(=O)N/N=C/c1cc(Br)ccc1OC(=O)c1ccc(OCCC)cc1. The molecule has 0 saturated carbocycles. The first-order chi connectivity index (χ1) is 17.5. The maximum Gasteiger partial charge on any atom is 0.343 e. The zero-order valence-corrected chi connectivity index (χ0v) is 21.5. The molecule has 7 nitrogen and oxygen atoms in total. The smallest absolute Gasteiger partial charge is 0.343 e. The molecule has 0 atom stereocenters. The summed E-state index contributed by atoms with van der Waals surface area (Å²) in [4.78, 5) is 24.8. The Morgan fingerprint density at radius 1 is 1.03 bits per heavy atom. The van der Waals surface area contributed by atoms with Gasteiger partial charge in [0.2, 0.25) is 0 Å². The fourth-order valence-electron chi connectivity index (χ4n) is 3.10. The van der Waals surface area contributed by atoms with Crippen LogP contribution in [0.5, 0.6) is 17.2 Å². The molecule has 0 aromatic heterocycles. The van der Waals surface area contributed by atoms with Crippen molar-refractivity contribution in [2.24, 2.45) is 5.10 Å². The van der Waals surface area contributed by atoms with Crippen LogP contribution < -0.4 is 19.6 Å². The van der Waals surface area contributed by atoms with Crippen LogP contribution in [0.15, 0.2) is 89.0 Å². The van der Waals surface area contributed by atoms with Gasteiger partial charge in [0.1, 0.15) is 17.2 Å². The Kier molecular flexibility index (Phi) is 10.3. The standard InChI is InChI=1S/C28H27BrN2O5/c1-3-7-20-8-5-6-9-25(20)35-19-27(32)31-30-18-22-17-23(29)12-15-26(22)36-28(33)21-10-13-24(14-11-21)34-16-4-2/h3,5-6,8-15,17-18H,1,4,7,16,19H2,2H3,(H,31,32)/b30-18+. The van der Waals surface area contributed by atoms with E-state index in [1.807, 2.05) is 25.1 Å². The molecule has 3 aromatic carbocycles. The summed E-state index contributed by atoms with van der Waals surface area (Å²) in [7, 11) is 0. The Balaban J connectivity index is 1.60. The average Bonchev–Trinajstić information content (AvgIpc) is 2.89. The van der Waals surface area contributed by atoms with Crippen molar-refractivity contribution in [3.63, 3.8) is 0 Å². The first kappa shape index (κ1) is 26.7. The number of ether oxygens (including phenoxy) is 3. The molecule has 186 valence electrons. The van der Waals surface area contributed by atoms with E-state index in [1.165, 1.54) is 6.21 Å². The molecule has 0 radical (unpaired) electrons. The van der Waals surface area contributed by atoms with Crippen LogP contribution in [0.3, 0.4) is 0 Å². The summed E-state index contributed by atoms with van der Waals surface area (Å²) in [5.74, 6) is 0.641. The van der Waals surface area contributed by atoms with Gasteiger partial charge in [-0.2, -0.15) is 5.10 Å². The van der Waals surface area contributed by atoms with E-state index in [-0.39, 0.29) is 6.61 Å². The number of nitrogens with one attached hydrogen (secondary N) is 1. The van der Waals surface area contributed by atoms with Gasteiger partial charge in [0.25, 0.3) is 5.91 Å². The van der Waals surface area contributed by atoms with Gasteiger partial charge in [-0.05, 0) is 66.9 Å². The van der Waals surface area contributed by atoms with Crippen molar-refractivity contribution in [3.05, 3.63) is 101 Å². The number of amides is 1. The lowest BCUT2D eigenvalue weighted by Crippen LogP contribution is -2.24. The highest BCUT2D eigenvalue weighted by atomic mass is 79.9. The van der Waals surface area contributed by atoms with Crippen LogP contribution in [0.4, 0.5) is 0 Å². The number of carbonyl (C=O) groups excluding carboxylic acids is 2. The molecular weight excluding hydrogens is 524 g/mol. The van der Waals surface area contributed by atoms with Crippen molar-refractivity contribution in [1.29, 1.82) is 0 Å². The summed E-state index contributed by atoms with van der Waals surface area (Å²) >= 11 is 3.40. The largest absolute Gasteiger partial charge is 0.494 e. The van der Waals surface area contributed by atoms with Gasteiger partial charge in [0, 0.05) is 10.0 Å². The molecule has 0 bridgehead atoms. The zero-order valence-electron chi connectivity index (χ0n) is 19.9. The van der Waals surface area contributed by atoms with E-state index in [9.17, 15) is 9.59 Å². The fourth-order valence-corrected chi connectivity index (χ4v) is 3.48. The van der Waals surface area contributed by atoms with E-state index < -0.39 is 11.9 Å². The molecule has 3 rings (SSSR count). The minimum atomic E-state index is -0.523. The van der Waals surface area contributed by atoms with Crippen molar-refractivity contribution in [2.75, 3.05) is 13.2 Å². The van der Waals surface area contributed by atoms with Gasteiger partial charge in [-0.15, -0.1) is 6.58 Å². The lowest BCUT2D eigenvalue weighted by atomic mass is 10.1. The number of halogens is 1. The summed E-state index contributed by atoms with van der Waals surface area (Å²) in [6, 6.07) is 19.3. The van der Waals surface area contributed by atoms with Gasteiger partial charge in [-0.1, -0.05) is 47.1 Å². The predicted molar refractivity (Wildman–Crippen MR) is 143 cm³/mol. The van der Waals surface area contributed by atoms with E-state index in [0.29, 0.717) is 41.4 Å². The monoisotopic (exact) mass is 550 g/mol. The quantitative estimate of drug-likeness (QED) is 0.102. The second kappa shape index (κ2) is 13.8. The molecule has 0 aliphatic heterocycles. The first-order valence-electron chi connectivity index (χ1n) is 11.4. The van der Waals surface area contributed by atoms with Crippen molar-refractivity contribution >= 4 is 34.0 Å². The number of allylic oxidation sites excluding steroid dienone is 1. The van der Waals surface area contributed by atoms with E-state index in [2.05, 4.69) is 33.0 Å². The first-order valence-corrected chi connectivity index (χ1v) is 12.2. The van der Waals surface area contributed by atoms with Crippen molar-refractivity contribution < 1.29 is 23.8 Å². The van der Waals surface area contributed by atoms with E-state index >= 15 is 0 Å².